The first kappa shape index (κ1) is 10.6. The zero-order chi connectivity index (χ0) is 11.8. The maximum Gasteiger partial charge on any atom is 0.140 e. The summed E-state index contributed by atoms with van der Waals surface area (Å²) in [6.45, 7) is 5.56. The van der Waals surface area contributed by atoms with E-state index in [-0.39, 0.29) is 0 Å². The van der Waals surface area contributed by atoms with E-state index >= 15 is 0 Å². The van der Waals surface area contributed by atoms with Gasteiger partial charge in [-0.15, -0.1) is 0 Å². The molecule has 88 valence electrons. The van der Waals surface area contributed by atoms with Gasteiger partial charge in [0.05, 0.1) is 0 Å². The molecule has 1 aliphatic rings. The van der Waals surface area contributed by atoms with Gasteiger partial charge in [-0.1, -0.05) is 30.7 Å². The monoisotopic (exact) mass is 226 g/mol. The van der Waals surface area contributed by atoms with Crippen molar-refractivity contribution in [3.05, 3.63) is 41.7 Å². The molecule has 0 amide bonds. The van der Waals surface area contributed by atoms with Crippen molar-refractivity contribution in [2.45, 2.75) is 33.2 Å². The molecule has 3 rings (SSSR count). The molecule has 0 fully saturated rings. The summed E-state index contributed by atoms with van der Waals surface area (Å²) < 4.78 is 2.39. The number of hydrogen-bond donors (Lipinski definition) is 0. The SMILES string of the molecule is Cc1cccc(-c2ncc3n2CC(C)CC3)c1. The van der Waals surface area contributed by atoms with Gasteiger partial charge < -0.3 is 4.57 Å². The molecule has 1 aliphatic heterocycles. The number of imidazole rings is 1. The van der Waals surface area contributed by atoms with Crippen molar-refractivity contribution >= 4 is 0 Å². The Morgan fingerprint density at radius 1 is 1.35 bits per heavy atom. The predicted octanol–water partition coefficient (Wildman–Crippen LogP) is 3.44. The van der Waals surface area contributed by atoms with Crippen LogP contribution in [0.15, 0.2) is 30.5 Å². The number of nitrogens with zero attached hydrogens (tertiary/aromatic N) is 2. The normalized spacial score (nSPS) is 19.1. The molecule has 0 saturated heterocycles. The molecule has 0 spiro atoms. The van der Waals surface area contributed by atoms with E-state index in [4.69, 9.17) is 0 Å². The predicted molar refractivity (Wildman–Crippen MR) is 69.9 cm³/mol. The highest BCUT2D eigenvalue weighted by Crippen LogP contribution is 2.27. The van der Waals surface area contributed by atoms with Crippen LogP contribution in [0.5, 0.6) is 0 Å². The Morgan fingerprint density at radius 3 is 3.06 bits per heavy atom. The minimum Gasteiger partial charge on any atom is -0.328 e. The second kappa shape index (κ2) is 4.02. The second-order valence-corrected chi connectivity index (χ2v) is 5.20. The summed E-state index contributed by atoms with van der Waals surface area (Å²) in [4.78, 5) is 4.61. The Kier molecular flexibility index (Phi) is 2.50. The van der Waals surface area contributed by atoms with Crippen LogP contribution < -0.4 is 0 Å². The van der Waals surface area contributed by atoms with E-state index < -0.39 is 0 Å². The standard InChI is InChI=1S/C15H18N2/c1-11-4-3-5-13(8-11)15-16-9-14-7-6-12(2)10-17(14)15/h3-5,8-9,12H,6-7,10H2,1-2H3. The van der Waals surface area contributed by atoms with Gasteiger partial charge >= 0.3 is 0 Å². The molecule has 2 nitrogen and oxygen atoms in total. The topological polar surface area (TPSA) is 17.8 Å². The van der Waals surface area contributed by atoms with E-state index in [1.54, 1.807) is 0 Å². The van der Waals surface area contributed by atoms with Gasteiger partial charge in [-0.25, -0.2) is 4.98 Å². The highest BCUT2D eigenvalue weighted by atomic mass is 15.1. The third kappa shape index (κ3) is 1.88. The zero-order valence-electron chi connectivity index (χ0n) is 10.5. The van der Waals surface area contributed by atoms with Crippen LogP contribution in [0.4, 0.5) is 0 Å². The summed E-state index contributed by atoms with van der Waals surface area (Å²) in [5, 5.41) is 0. The van der Waals surface area contributed by atoms with Crippen molar-refractivity contribution in [2.24, 2.45) is 5.92 Å². The lowest BCUT2D eigenvalue weighted by molar-refractivity contribution is 0.402. The van der Waals surface area contributed by atoms with Gasteiger partial charge in [-0.2, -0.15) is 0 Å². The van der Waals surface area contributed by atoms with E-state index in [0.717, 1.165) is 18.3 Å². The van der Waals surface area contributed by atoms with Crippen molar-refractivity contribution in [3.63, 3.8) is 0 Å². The largest absolute Gasteiger partial charge is 0.328 e. The van der Waals surface area contributed by atoms with E-state index in [1.807, 2.05) is 6.20 Å². The Balaban J connectivity index is 2.07. The Morgan fingerprint density at radius 2 is 2.24 bits per heavy atom. The fraction of sp³-hybridized carbons (Fsp3) is 0.400. The quantitative estimate of drug-likeness (QED) is 0.728. The van der Waals surface area contributed by atoms with E-state index in [0.29, 0.717) is 0 Å². The molecule has 2 heteroatoms. The first-order valence-corrected chi connectivity index (χ1v) is 6.35. The molecular formula is C15H18N2. The van der Waals surface area contributed by atoms with Crippen LogP contribution in [0, 0.1) is 12.8 Å². The summed E-state index contributed by atoms with van der Waals surface area (Å²) in [5.41, 5.74) is 3.92. The molecule has 0 saturated carbocycles. The molecular weight excluding hydrogens is 208 g/mol. The summed E-state index contributed by atoms with van der Waals surface area (Å²) in [5.74, 6) is 1.90. The van der Waals surface area contributed by atoms with Crippen molar-refractivity contribution in [1.29, 1.82) is 0 Å². The molecule has 1 unspecified atom stereocenters. The van der Waals surface area contributed by atoms with Crippen LogP contribution in [0.2, 0.25) is 0 Å². The third-order valence-corrected chi connectivity index (χ3v) is 3.60. The van der Waals surface area contributed by atoms with Crippen molar-refractivity contribution in [1.82, 2.24) is 9.55 Å². The zero-order valence-corrected chi connectivity index (χ0v) is 10.5. The average molecular weight is 226 g/mol. The van der Waals surface area contributed by atoms with Gasteiger partial charge in [0.25, 0.3) is 0 Å². The lowest BCUT2D eigenvalue weighted by Gasteiger charge is -2.22. The number of aryl methyl sites for hydroxylation is 2. The van der Waals surface area contributed by atoms with Crippen molar-refractivity contribution in [2.75, 3.05) is 0 Å². The molecule has 0 N–H and O–H groups in total. The smallest absolute Gasteiger partial charge is 0.140 e. The highest BCUT2D eigenvalue weighted by molar-refractivity contribution is 5.57. The Labute approximate surface area is 102 Å². The fourth-order valence-corrected chi connectivity index (χ4v) is 2.63. The van der Waals surface area contributed by atoms with Crippen LogP contribution >= 0.6 is 0 Å². The number of aromatic nitrogens is 2. The molecule has 0 bridgehead atoms. The van der Waals surface area contributed by atoms with E-state index in [2.05, 4.69) is 47.7 Å². The van der Waals surface area contributed by atoms with Crippen LogP contribution in [0.3, 0.4) is 0 Å². The minimum atomic E-state index is 0.764. The number of hydrogen-bond acceptors (Lipinski definition) is 1. The summed E-state index contributed by atoms with van der Waals surface area (Å²) in [7, 11) is 0. The van der Waals surface area contributed by atoms with Crippen molar-refractivity contribution in [3.8, 4) is 11.4 Å². The number of fused-ring (bicyclic) bond motifs is 1. The summed E-state index contributed by atoms with van der Waals surface area (Å²) in [6.07, 6.45) is 4.50. The molecule has 17 heavy (non-hydrogen) atoms. The molecule has 0 aliphatic carbocycles. The molecule has 1 atom stereocenters. The average Bonchev–Trinajstić information content (AvgIpc) is 2.71. The van der Waals surface area contributed by atoms with Crippen LogP contribution in [-0.2, 0) is 13.0 Å². The lowest BCUT2D eigenvalue weighted by Crippen LogP contribution is -2.18. The molecule has 1 aromatic heterocycles. The van der Waals surface area contributed by atoms with Gasteiger partial charge in [-0.3, -0.25) is 0 Å². The second-order valence-electron chi connectivity index (χ2n) is 5.20. The maximum absolute atomic E-state index is 4.61. The highest BCUT2D eigenvalue weighted by Gasteiger charge is 2.19. The van der Waals surface area contributed by atoms with Gasteiger partial charge in [0.1, 0.15) is 5.82 Å². The van der Waals surface area contributed by atoms with Crippen LogP contribution in [0.1, 0.15) is 24.6 Å². The van der Waals surface area contributed by atoms with Gasteiger partial charge in [0.2, 0.25) is 0 Å². The molecule has 2 aromatic rings. The van der Waals surface area contributed by atoms with E-state index in [1.165, 1.54) is 29.7 Å². The summed E-state index contributed by atoms with van der Waals surface area (Å²) >= 11 is 0. The first-order chi connectivity index (χ1) is 8.24. The van der Waals surface area contributed by atoms with Crippen LogP contribution in [0.25, 0.3) is 11.4 Å². The molecule has 2 heterocycles. The minimum absolute atomic E-state index is 0.764. The molecule has 1 aromatic carbocycles. The van der Waals surface area contributed by atoms with Gasteiger partial charge in [0.15, 0.2) is 0 Å². The number of rotatable bonds is 1. The van der Waals surface area contributed by atoms with Crippen LogP contribution in [-0.4, -0.2) is 9.55 Å². The third-order valence-electron chi connectivity index (χ3n) is 3.60. The fourth-order valence-electron chi connectivity index (χ4n) is 2.63. The Bertz CT molecular complexity index is 540. The maximum atomic E-state index is 4.61. The van der Waals surface area contributed by atoms with Gasteiger partial charge in [-0.05, 0) is 31.7 Å². The lowest BCUT2D eigenvalue weighted by atomic mass is 10.00. The first-order valence-electron chi connectivity index (χ1n) is 6.35. The van der Waals surface area contributed by atoms with Crippen molar-refractivity contribution < 1.29 is 0 Å². The Hall–Kier alpha value is -1.57. The van der Waals surface area contributed by atoms with E-state index in [9.17, 15) is 0 Å². The molecule has 0 radical (unpaired) electrons. The number of benzene rings is 1. The summed E-state index contributed by atoms with van der Waals surface area (Å²) in [6, 6.07) is 8.61. The van der Waals surface area contributed by atoms with Gasteiger partial charge in [0, 0.05) is 24.0 Å².